The van der Waals surface area contributed by atoms with Gasteiger partial charge in [-0.05, 0) is 56.7 Å². The Hall–Kier alpha value is -1.75. The van der Waals surface area contributed by atoms with E-state index in [2.05, 4.69) is 63.7 Å². The van der Waals surface area contributed by atoms with Gasteiger partial charge in [0.1, 0.15) is 5.67 Å². The average Bonchev–Trinajstić information content (AvgIpc) is 2.51. The van der Waals surface area contributed by atoms with Gasteiger partial charge in [-0.15, -0.1) is 6.42 Å². The molecular weight excluding hydrogens is 285 g/mol. The van der Waals surface area contributed by atoms with E-state index in [-0.39, 0.29) is 11.3 Å². The molecule has 0 heterocycles. The largest absolute Gasteiger partial charge is 0.386 e. The summed E-state index contributed by atoms with van der Waals surface area (Å²) in [7, 11) is 0. The predicted octanol–water partition coefficient (Wildman–Crippen LogP) is 5.25. The van der Waals surface area contributed by atoms with Crippen molar-refractivity contribution in [2.75, 3.05) is 6.54 Å². The SMILES string of the molecule is C#CC(C)(C)c1ccc(C(C)CNC(=C)C(C)(F)CC)cc1C. The summed E-state index contributed by atoms with van der Waals surface area (Å²) in [6.45, 7) is 16.2. The Kier molecular flexibility index (Phi) is 6.05. The third-order valence-corrected chi connectivity index (χ3v) is 4.77. The second kappa shape index (κ2) is 7.21. The van der Waals surface area contributed by atoms with Gasteiger partial charge in [0.2, 0.25) is 0 Å². The zero-order valence-electron chi connectivity index (χ0n) is 15.4. The van der Waals surface area contributed by atoms with E-state index in [1.54, 1.807) is 6.92 Å². The molecule has 0 spiro atoms. The molecule has 0 aliphatic rings. The maximum atomic E-state index is 14.2. The number of alkyl halides is 1. The summed E-state index contributed by atoms with van der Waals surface area (Å²) in [5.41, 5.74) is 2.41. The van der Waals surface area contributed by atoms with Crippen LogP contribution in [0.4, 0.5) is 4.39 Å². The molecule has 0 saturated carbocycles. The fourth-order valence-corrected chi connectivity index (χ4v) is 2.56. The molecule has 0 saturated heterocycles. The van der Waals surface area contributed by atoms with E-state index >= 15 is 0 Å². The lowest BCUT2D eigenvalue weighted by molar-refractivity contribution is 0.220. The van der Waals surface area contributed by atoms with Crippen molar-refractivity contribution < 1.29 is 4.39 Å². The number of nitrogens with one attached hydrogen (secondary N) is 1. The quantitative estimate of drug-likeness (QED) is 0.678. The van der Waals surface area contributed by atoms with E-state index in [0.717, 1.165) is 0 Å². The van der Waals surface area contributed by atoms with Crippen LogP contribution in [0.25, 0.3) is 0 Å². The highest BCUT2D eigenvalue weighted by atomic mass is 19.1. The molecule has 0 aromatic heterocycles. The van der Waals surface area contributed by atoms with Gasteiger partial charge in [0.15, 0.2) is 0 Å². The van der Waals surface area contributed by atoms with Crippen LogP contribution in [-0.2, 0) is 5.41 Å². The summed E-state index contributed by atoms with van der Waals surface area (Å²) in [5, 5.41) is 3.15. The van der Waals surface area contributed by atoms with Gasteiger partial charge in [0, 0.05) is 12.2 Å². The highest BCUT2D eigenvalue weighted by Gasteiger charge is 2.25. The molecule has 2 heteroatoms. The Morgan fingerprint density at radius 3 is 2.48 bits per heavy atom. The van der Waals surface area contributed by atoms with Gasteiger partial charge in [0.25, 0.3) is 0 Å². The summed E-state index contributed by atoms with van der Waals surface area (Å²) >= 11 is 0. The zero-order valence-corrected chi connectivity index (χ0v) is 15.4. The first-order valence-electron chi connectivity index (χ1n) is 8.26. The Labute approximate surface area is 141 Å². The summed E-state index contributed by atoms with van der Waals surface area (Å²) in [5.74, 6) is 3.11. The molecule has 0 radical (unpaired) electrons. The van der Waals surface area contributed by atoms with Crippen molar-refractivity contribution in [3.05, 3.63) is 47.2 Å². The van der Waals surface area contributed by atoms with Crippen LogP contribution >= 0.6 is 0 Å². The highest BCUT2D eigenvalue weighted by Crippen LogP contribution is 2.28. The minimum absolute atomic E-state index is 0.265. The predicted molar refractivity (Wildman–Crippen MR) is 98.4 cm³/mol. The lowest BCUT2D eigenvalue weighted by atomic mass is 9.81. The molecule has 23 heavy (non-hydrogen) atoms. The van der Waals surface area contributed by atoms with Crippen LogP contribution in [-0.4, -0.2) is 12.2 Å². The Morgan fingerprint density at radius 1 is 1.39 bits per heavy atom. The van der Waals surface area contributed by atoms with Gasteiger partial charge in [-0.2, -0.15) is 0 Å². The first kappa shape index (κ1) is 19.3. The molecule has 1 N–H and O–H groups in total. The number of benzene rings is 1. The van der Waals surface area contributed by atoms with Crippen molar-refractivity contribution in [2.45, 2.75) is 65.0 Å². The van der Waals surface area contributed by atoms with Gasteiger partial charge in [-0.3, -0.25) is 0 Å². The third-order valence-electron chi connectivity index (χ3n) is 4.77. The van der Waals surface area contributed by atoms with Crippen LogP contribution in [0.3, 0.4) is 0 Å². The standard InChI is InChI=1S/C21H30FN/c1-9-20(6,7)19-12-11-18(13-15(19)3)16(4)14-23-17(5)21(8,22)10-2/h1,11-13,16,23H,5,10,14H2,2-4,6-8H3. The van der Waals surface area contributed by atoms with E-state index in [4.69, 9.17) is 6.42 Å². The van der Waals surface area contributed by atoms with Gasteiger partial charge < -0.3 is 5.32 Å². The van der Waals surface area contributed by atoms with Gasteiger partial charge in [-0.25, -0.2) is 4.39 Å². The molecule has 1 rings (SSSR count). The number of aryl methyl sites for hydroxylation is 1. The van der Waals surface area contributed by atoms with Crippen LogP contribution in [0.1, 0.15) is 63.6 Å². The minimum atomic E-state index is -1.36. The van der Waals surface area contributed by atoms with Crippen molar-refractivity contribution in [1.82, 2.24) is 5.32 Å². The number of terminal acetylenes is 1. The van der Waals surface area contributed by atoms with Crippen molar-refractivity contribution in [3.63, 3.8) is 0 Å². The van der Waals surface area contributed by atoms with E-state index < -0.39 is 5.67 Å². The van der Waals surface area contributed by atoms with E-state index in [1.807, 2.05) is 6.92 Å². The maximum absolute atomic E-state index is 14.2. The van der Waals surface area contributed by atoms with Crippen molar-refractivity contribution in [1.29, 1.82) is 0 Å². The molecule has 0 aliphatic heterocycles. The summed E-state index contributed by atoms with van der Waals surface area (Å²) < 4.78 is 14.2. The average molecular weight is 315 g/mol. The number of hydrogen-bond acceptors (Lipinski definition) is 1. The van der Waals surface area contributed by atoms with Gasteiger partial charge in [0.05, 0.1) is 5.41 Å². The number of rotatable bonds is 7. The first-order chi connectivity index (χ1) is 10.5. The molecule has 1 aromatic rings. The third kappa shape index (κ3) is 4.61. The molecule has 0 aliphatic carbocycles. The van der Waals surface area contributed by atoms with Crippen molar-refractivity contribution in [2.24, 2.45) is 0 Å². The molecule has 2 atom stereocenters. The molecule has 0 amide bonds. The van der Waals surface area contributed by atoms with Gasteiger partial charge in [-0.1, -0.05) is 44.5 Å². The summed E-state index contributed by atoms with van der Waals surface area (Å²) in [4.78, 5) is 0. The lowest BCUT2D eigenvalue weighted by Crippen LogP contribution is -2.32. The molecule has 2 unspecified atom stereocenters. The summed E-state index contributed by atoms with van der Waals surface area (Å²) in [6, 6.07) is 6.41. The normalized spacial score (nSPS) is 15.4. The molecule has 0 fully saturated rings. The number of halogens is 1. The topological polar surface area (TPSA) is 12.0 Å². The second-order valence-electron chi connectivity index (χ2n) is 7.16. The van der Waals surface area contributed by atoms with Gasteiger partial charge >= 0.3 is 0 Å². The number of allylic oxidation sites excluding steroid dienone is 1. The Bertz CT molecular complexity index is 605. The first-order valence-corrected chi connectivity index (χ1v) is 8.26. The molecule has 1 aromatic carbocycles. The minimum Gasteiger partial charge on any atom is -0.386 e. The van der Waals surface area contributed by atoms with E-state index in [1.165, 1.54) is 16.7 Å². The monoisotopic (exact) mass is 315 g/mol. The van der Waals surface area contributed by atoms with Crippen LogP contribution in [0.15, 0.2) is 30.5 Å². The van der Waals surface area contributed by atoms with Crippen LogP contribution in [0.2, 0.25) is 0 Å². The maximum Gasteiger partial charge on any atom is 0.146 e. The number of hydrogen-bond donors (Lipinski definition) is 1. The molecule has 126 valence electrons. The fourth-order valence-electron chi connectivity index (χ4n) is 2.56. The van der Waals surface area contributed by atoms with Crippen molar-refractivity contribution in [3.8, 4) is 12.3 Å². The smallest absolute Gasteiger partial charge is 0.146 e. The van der Waals surface area contributed by atoms with Crippen molar-refractivity contribution >= 4 is 0 Å². The van der Waals surface area contributed by atoms with Crippen LogP contribution in [0.5, 0.6) is 0 Å². The molecule has 1 nitrogen and oxygen atoms in total. The Morgan fingerprint density at radius 2 is 2.00 bits per heavy atom. The van der Waals surface area contributed by atoms with E-state index in [0.29, 0.717) is 18.7 Å². The molecule has 0 bridgehead atoms. The Balaban J connectivity index is 2.83. The molecular formula is C21H30FN. The lowest BCUT2D eigenvalue weighted by Gasteiger charge is -2.25. The van der Waals surface area contributed by atoms with E-state index in [9.17, 15) is 4.39 Å². The zero-order chi connectivity index (χ0) is 17.8. The second-order valence-corrected chi connectivity index (χ2v) is 7.16. The fraction of sp³-hybridized carbons (Fsp3) is 0.524. The van der Waals surface area contributed by atoms with Crippen LogP contribution in [0, 0.1) is 19.3 Å². The van der Waals surface area contributed by atoms with Crippen LogP contribution < -0.4 is 5.32 Å². The summed E-state index contributed by atoms with van der Waals surface area (Å²) in [6.07, 6.45) is 6.05. The highest BCUT2D eigenvalue weighted by molar-refractivity contribution is 5.41.